The number of nitrogens with zero attached hydrogens (tertiary/aromatic N) is 6. The molecule has 4 heterocycles. The molecular formula is C23H18Cl2N8. The van der Waals surface area contributed by atoms with Crippen LogP contribution >= 0.6 is 23.2 Å². The van der Waals surface area contributed by atoms with E-state index < -0.39 is 0 Å². The number of imidazole rings is 2. The average Bonchev–Trinajstić information content (AvgIpc) is 3.53. The molecule has 0 aliphatic carbocycles. The van der Waals surface area contributed by atoms with Crippen molar-refractivity contribution in [1.29, 1.82) is 0 Å². The number of hydrogen-bond donors (Lipinski definition) is 2. The molecule has 2 aromatic carbocycles. The number of H-pyrrole nitrogens is 1. The number of halogens is 2. The van der Waals surface area contributed by atoms with E-state index in [1.807, 2.05) is 27.5 Å². The molecule has 0 amide bonds. The lowest BCUT2D eigenvalue weighted by molar-refractivity contribution is 0.774. The third-order valence-corrected chi connectivity index (χ3v) is 6.33. The van der Waals surface area contributed by atoms with Gasteiger partial charge in [0.15, 0.2) is 17.0 Å². The summed E-state index contributed by atoms with van der Waals surface area (Å²) < 4.78 is 3.99. The SMILES string of the molecule is CCn1cnc2c(NCc3nc4cc(Cl)c(Cl)cc4[nH]3)nc(-n3ccc4ccccc43)nc21. The molecule has 2 N–H and O–H groups in total. The van der Waals surface area contributed by atoms with Gasteiger partial charge in [-0.25, -0.2) is 9.97 Å². The molecule has 4 aromatic heterocycles. The summed E-state index contributed by atoms with van der Waals surface area (Å²) in [5.41, 5.74) is 4.09. The maximum atomic E-state index is 6.13. The van der Waals surface area contributed by atoms with Crippen molar-refractivity contribution in [3.63, 3.8) is 0 Å². The Morgan fingerprint density at radius 3 is 2.76 bits per heavy atom. The van der Waals surface area contributed by atoms with Crippen molar-refractivity contribution in [2.75, 3.05) is 5.32 Å². The number of hydrogen-bond acceptors (Lipinski definition) is 5. The highest BCUT2D eigenvalue weighted by molar-refractivity contribution is 6.42. The first-order valence-electron chi connectivity index (χ1n) is 10.5. The molecule has 0 saturated carbocycles. The number of rotatable bonds is 5. The Kier molecular flexibility index (Phi) is 4.70. The molecule has 164 valence electrons. The quantitative estimate of drug-likeness (QED) is 0.338. The van der Waals surface area contributed by atoms with Crippen molar-refractivity contribution in [2.45, 2.75) is 20.0 Å². The van der Waals surface area contributed by atoms with Gasteiger partial charge in [-0.3, -0.25) is 4.57 Å². The second-order valence-electron chi connectivity index (χ2n) is 7.64. The van der Waals surface area contributed by atoms with Crippen molar-refractivity contribution in [3.8, 4) is 5.95 Å². The number of aryl methyl sites for hydroxylation is 1. The lowest BCUT2D eigenvalue weighted by atomic mass is 10.2. The first-order valence-corrected chi connectivity index (χ1v) is 11.2. The van der Waals surface area contributed by atoms with E-state index in [0.717, 1.165) is 40.0 Å². The average molecular weight is 477 g/mol. The molecule has 0 aliphatic rings. The summed E-state index contributed by atoms with van der Waals surface area (Å²) in [5, 5.41) is 5.46. The van der Waals surface area contributed by atoms with Gasteiger partial charge < -0.3 is 14.9 Å². The third kappa shape index (κ3) is 3.39. The van der Waals surface area contributed by atoms with Crippen LogP contribution in [0.4, 0.5) is 5.82 Å². The minimum Gasteiger partial charge on any atom is -0.361 e. The highest BCUT2D eigenvalue weighted by Crippen LogP contribution is 2.27. The van der Waals surface area contributed by atoms with Crippen molar-refractivity contribution in [1.82, 2.24) is 34.1 Å². The summed E-state index contributed by atoms with van der Waals surface area (Å²) in [6.07, 6.45) is 3.77. The number of aromatic amines is 1. The van der Waals surface area contributed by atoms with Crippen LogP contribution < -0.4 is 5.32 Å². The van der Waals surface area contributed by atoms with E-state index in [9.17, 15) is 0 Å². The van der Waals surface area contributed by atoms with Gasteiger partial charge in [0.05, 0.1) is 39.5 Å². The summed E-state index contributed by atoms with van der Waals surface area (Å²) in [4.78, 5) is 22.1. The van der Waals surface area contributed by atoms with Crippen molar-refractivity contribution < 1.29 is 0 Å². The van der Waals surface area contributed by atoms with E-state index in [1.54, 1.807) is 18.5 Å². The van der Waals surface area contributed by atoms with Crippen LogP contribution in [-0.2, 0) is 13.1 Å². The van der Waals surface area contributed by atoms with Crippen LogP contribution in [0.5, 0.6) is 0 Å². The van der Waals surface area contributed by atoms with Gasteiger partial charge in [-0.2, -0.15) is 9.97 Å². The standard InChI is InChI=1S/C23H18Cl2N8/c1-2-32-12-27-20-21(26-11-19-28-16-9-14(24)15(25)10-17(16)29-19)30-23(31-22(20)32)33-8-7-13-5-3-4-6-18(13)33/h3-10,12H,2,11H2,1H3,(H,28,29)(H,26,30,31). The molecular weight excluding hydrogens is 459 g/mol. The fraction of sp³-hybridized carbons (Fsp3) is 0.130. The Bertz CT molecular complexity index is 1610. The molecule has 0 bridgehead atoms. The summed E-state index contributed by atoms with van der Waals surface area (Å²) in [6, 6.07) is 13.7. The molecule has 6 aromatic rings. The zero-order valence-corrected chi connectivity index (χ0v) is 19.1. The Balaban J connectivity index is 1.42. The van der Waals surface area contributed by atoms with Gasteiger partial charge in [0.1, 0.15) is 5.82 Å². The second-order valence-corrected chi connectivity index (χ2v) is 8.45. The molecule has 0 spiro atoms. The fourth-order valence-corrected chi connectivity index (χ4v) is 4.28. The number of benzene rings is 2. The van der Waals surface area contributed by atoms with E-state index >= 15 is 0 Å². The van der Waals surface area contributed by atoms with Crippen LogP contribution in [-0.4, -0.2) is 34.1 Å². The summed E-state index contributed by atoms with van der Waals surface area (Å²) in [5.74, 6) is 1.94. The Morgan fingerprint density at radius 2 is 1.88 bits per heavy atom. The third-order valence-electron chi connectivity index (χ3n) is 5.60. The number of fused-ring (bicyclic) bond motifs is 3. The first kappa shape index (κ1) is 20.0. The monoisotopic (exact) mass is 476 g/mol. The van der Waals surface area contributed by atoms with Gasteiger partial charge >= 0.3 is 0 Å². The van der Waals surface area contributed by atoms with Gasteiger partial charge in [-0.05, 0) is 31.2 Å². The van der Waals surface area contributed by atoms with Crippen LogP contribution in [0.2, 0.25) is 10.0 Å². The smallest absolute Gasteiger partial charge is 0.238 e. The minimum absolute atomic E-state index is 0.418. The van der Waals surface area contributed by atoms with E-state index in [4.69, 9.17) is 33.2 Å². The van der Waals surface area contributed by atoms with Gasteiger partial charge in [-0.1, -0.05) is 41.4 Å². The molecule has 8 nitrogen and oxygen atoms in total. The maximum absolute atomic E-state index is 6.13. The van der Waals surface area contributed by atoms with E-state index in [0.29, 0.717) is 33.9 Å². The first-order chi connectivity index (χ1) is 16.1. The molecule has 0 aliphatic heterocycles. The molecule has 0 radical (unpaired) electrons. The van der Waals surface area contributed by atoms with Crippen molar-refractivity contribution in [3.05, 3.63) is 70.9 Å². The zero-order chi connectivity index (χ0) is 22.5. The summed E-state index contributed by atoms with van der Waals surface area (Å²) in [6.45, 7) is 3.23. The Hall–Kier alpha value is -3.62. The second kappa shape index (κ2) is 7.75. The lowest BCUT2D eigenvalue weighted by Gasteiger charge is -2.10. The van der Waals surface area contributed by atoms with E-state index in [1.165, 1.54) is 0 Å². The summed E-state index contributed by atoms with van der Waals surface area (Å²) >= 11 is 12.3. The number of nitrogens with one attached hydrogen (secondary N) is 2. The van der Waals surface area contributed by atoms with Crippen molar-refractivity contribution >= 4 is 62.1 Å². The molecule has 6 rings (SSSR count). The largest absolute Gasteiger partial charge is 0.361 e. The van der Waals surface area contributed by atoms with Crippen LogP contribution in [0.1, 0.15) is 12.7 Å². The molecule has 0 fully saturated rings. The molecule has 0 unspecified atom stereocenters. The van der Waals surface area contributed by atoms with Gasteiger partial charge in [0.25, 0.3) is 0 Å². The number of para-hydroxylation sites is 1. The van der Waals surface area contributed by atoms with Gasteiger partial charge in [0.2, 0.25) is 5.95 Å². The van der Waals surface area contributed by atoms with Crippen LogP contribution in [0.25, 0.3) is 39.0 Å². The topological polar surface area (TPSA) is 89.2 Å². The molecule has 0 atom stereocenters. The predicted molar refractivity (Wildman–Crippen MR) is 131 cm³/mol. The minimum atomic E-state index is 0.418. The van der Waals surface area contributed by atoms with Crippen LogP contribution in [0.15, 0.2) is 55.0 Å². The Labute approximate surface area is 198 Å². The van der Waals surface area contributed by atoms with Crippen LogP contribution in [0.3, 0.4) is 0 Å². The molecule has 10 heteroatoms. The van der Waals surface area contributed by atoms with Crippen molar-refractivity contribution in [2.24, 2.45) is 0 Å². The fourth-order valence-electron chi connectivity index (χ4n) is 3.96. The maximum Gasteiger partial charge on any atom is 0.238 e. The van der Waals surface area contributed by atoms with E-state index in [2.05, 4.69) is 45.4 Å². The lowest BCUT2D eigenvalue weighted by Crippen LogP contribution is -2.09. The summed E-state index contributed by atoms with van der Waals surface area (Å²) in [7, 11) is 0. The number of anilines is 1. The normalized spacial score (nSPS) is 11.7. The highest BCUT2D eigenvalue weighted by Gasteiger charge is 2.16. The Morgan fingerprint density at radius 1 is 1.03 bits per heavy atom. The van der Waals surface area contributed by atoms with Gasteiger partial charge in [-0.15, -0.1) is 0 Å². The highest BCUT2D eigenvalue weighted by atomic mass is 35.5. The van der Waals surface area contributed by atoms with Gasteiger partial charge in [0, 0.05) is 18.1 Å². The number of aromatic nitrogens is 7. The molecule has 0 saturated heterocycles. The zero-order valence-electron chi connectivity index (χ0n) is 17.5. The van der Waals surface area contributed by atoms with E-state index in [-0.39, 0.29) is 0 Å². The predicted octanol–water partition coefficient (Wildman–Crippen LogP) is 5.59. The van der Waals surface area contributed by atoms with Crippen LogP contribution in [0, 0.1) is 0 Å². The molecule has 33 heavy (non-hydrogen) atoms.